The minimum Gasteiger partial charge on any atom is -0.398 e. The number of nitrogens with two attached hydrogens (primary N) is 1. The second kappa shape index (κ2) is 6.64. The number of rotatable bonds is 5. The second-order valence-corrected chi connectivity index (χ2v) is 5.53. The van der Waals surface area contributed by atoms with Crippen molar-refractivity contribution in [1.29, 1.82) is 0 Å². The predicted octanol–water partition coefficient (Wildman–Crippen LogP) is 2.69. The Hall–Kier alpha value is -2.30. The maximum atomic E-state index is 12.7. The topological polar surface area (TPSA) is 77.1 Å². The van der Waals surface area contributed by atoms with Gasteiger partial charge in [-0.15, -0.1) is 0 Å². The zero-order valence-electron chi connectivity index (χ0n) is 13.3. The third kappa shape index (κ3) is 2.84. The summed E-state index contributed by atoms with van der Waals surface area (Å²) >= 11 is 0. The van der Waals surface area contributed by atoms with Crippen LogP contribution in [-0.2, 0) is 0 Å². The van der Waals surface area contributed by atoms with Gasteiger partial charge in [0.1, 0.15) is 5.56 Å². The molecule has 0 aliphatic heterocycles. The van der Waals surface area contributed by atoms with Crippen LogP contribution < -0.4 is 16.5 Å². The van der Waals surface area contributed by atoms with E-state index in [0.29, 0.717) is 17.6 Å². The highest BCUT2D eigenvalue weighted by molar-refractivity contribution is 6.00. The Kier molecular flexibility index (Phi) is 4.85. The molecule has 2 rings (SSSR count). The summed E-state index contributed by atoms with van der Waals surface area (Å²) in [4.78, 5) is 24.9. The van der Waals surface area contributed by atoms with Crippen LogP contribution in [0.5, 0.6) is 0 Å². The largest absolute Gasteiger partial charge is 0.398 e. The first-order chi connectivity index (χ1) is 10.5. The van der Waals surface area contributed by atoms with Crippen molar-refractivity contribution < 1.29 is 4.79 Å². The molecule has 1 heterocycles. The molecule has 0 aliphatic carbocycles. The van der Waals surface area contributed by atoms with Gasteiger partial charge < -0.3 is 15.6 Å². The fourth-order valence-electron chi connectivity index (χ4n) is 2.48. The first kappa shape index (κ1) is 16.1. The molecule has 22 heavy (non-hydrogen) atoms. The first-order valence-electron chi connectivity index (χ1n) is 7.72. The molecule has 1 amide bonds. The van der Waals surface area contributed by atoms with E-state index in [1.165, 1.54) is 0 Å². The van der Waals surface area contributed by atoms with E-state index in [1.807, 2.05) is 23.6 Å². The molecule has 5 nitrogen and oxygen atoms in total. The molecular formula is C17H23N3O2. The molecule has 0 spiro atoms. The molecule has 0 saturated carbocycles. The highest BCUT2D eigenvalue weighted by Gasteiger charge is 2.18. The van der Waals surface area contributed by atoms with Gasteiger partial charge in [0.2, 0.25) is 5.43 Å². The van der Waals surface area contributed by atoms with E-state index in [9.17, 15) is 9.59 Å². The molecule has 0 radical (unpaired) electrons. The zero-order valence-corrected chi connectivity index (χ0v) is 13.3. The van der Waals surface area contributed by atoms with Gasteiger partial charge in [-0.05, 0) is 31.9 Å². The SMILES string of the molecule is CCCNC(=O)c1cn(C(C)CC)c2cccc(N)c2c1=O. The molecule has 1 aromatic carbocycles. The van der Waals surface area contributed by atoms with Crippen LogP contribution in [0.15, 0.2) is 29.2 Å². The number of anilines is 1. The molecule has 1 atom stereocenters. The van der Waals surface area contributed by atoms with Crippen LogP contribution in [0.1, 0.15) is 50.0 Å². The summed E-state index contributed by atoms with van der Waals surface area (Å²) in [5.41, 5.74) is 7.02. The number of pyridine rings is 1. The van der Waals surface area contributed by atoms with Gasteiger partial charge in [-0.2, -0.15) is 0 Å². The van der Waals surface area contributed by atoms with Gasteiger partial charge in [0.05, 0.1) is 10.9 Å². The summed E-state index contributed by atoms with van der Waals surface area (Å²) < 4.78 is 1.97. The van der Waals surface area contributed by atoms with Gasteiger partial charge in [0.25, 0.3) is 5.91 Å². The van der Waals surface area contributed by atoms with Crippen LogP contribution in [0.25, 0.3) is 10.9 Å². The van der Waals surface area contributed by atoms with Gasteiger partial charge >= 0.3 is 0 Å². The monoisotopic (exact) mass is 301 g/mol. The van der Waals surface area contributed by atoms with E-state index >= 15 is 0 Å². The Labute approximate surface area is 130 Å². The summed E-state index contributed by atoms with van der Waals surface area (Å²) in [5, 5.41) is 3.19. The molecule has 1 aromatic heterocycles. The number of carbonyl (C=O) groups is 1. The summed E-state index contributed by atoms with van der Waals surface area (Å²) in [6.45, 7) is 6.64. The molecule has 2 aromatic rings. The van der Waals surface area contributed by atoms with Crippen LogP contribution in [0.3, 0.4) is 0 Å². The standard InChI is InChI=1S/C17H23N3O2/c1-4-9-19-17(22)12-10-20(11(3)5-2)14-8-6-7-13(18)15(14)16(12)21/h6-8,10-11H,4-5,9,18H2,1-3H3,(H,19,22). The van der Waals surface area contributed by atoms with Gasteiger partial charge in [0, 0.05) is 24.5 Å². The highest BCUT2D eigenvalue weighted by Crippen LogP contribution is 2.23. The van der Waals surface area contributed by atoms with Crippen molar-refractivity contribution in [1.82, 2.24) is 9.88 Å². The van der Waals surface area contributed by atoms with Crippen LogP contribution in [-0.4, -0.2) is 17.0 Å². The van der Waals surface area contributed by atoms with E-state index in [4.69, 9.17) is 5.73 Å². The minimum atomic E-state index is -0.339. The van der Waals surface area contributed by atoms with E-state index in [0.717, 1.165) is 18.4 Å². The van der Waals surface area contributed by atoms with Crippen molar-refractivity contribution >= 4 is 22.5 Å². The Balaban J connectivity index is 2.73. The van der Waals surface area contributed by atoms with E-state index in [1.54, 1.807) is 12.3 Å². The summed E-state index contributed by atoms with van der Waals surface area (Å²) in [5.74, 6) is -0.339. The molecule has 1 unspecified atom stereocenters. The number of benzene rings is 1. The molecular weight excluding hydrogens is 278 g/mol. The van der Waals surface area contributed by atoms with Crippen molar-refractivity contribution in [2.75, 3.05) is 12.3 Å². The lowest BCUT2D eigenvalue weighted by Crippen LogP contribution is -2.31. The van der Waals surface area contributed by atoms with Crippen molar-refractivity contribution in [2.24, 2.45) is 0 Å². The number of fused-ring (bicyclic) bond motifs is 1. The highest BCUT2D eigenvalue weighted by atomic mass is 16.2. The smallest absolute Gasteiger partial charge is 0.256 e. The lowest BCUT2D eigenvalue weighted by Gasteiger charge is -2.19. The summed E-state index contributed by atoms with van der Waals surface area (Å²) in [6, 6.07) is 5.56. The lowest BCUT2D eigenvalue weighted by atomic mass is 10.1. The maximum absolute atomic E-state index is 12.7. The second-order valence-electron chi connectivity index (χ2n) is 5.53. The number of hydrogen-bond donors (Lipinski definition) is 2. The summed E-state index contributed by atoms with van der Waals surface area (Å²) in [6.07, 6.45) is 3.37. The Morgan fingerprint density at radius 2 is 2.09 bits per heavy atom. The van der Waals surface area contributed by atoms with Crippen molar-refractivity contribution in [3.05, 3.63) is 40.2 Å². The fraction of sp³-hybridized carbons (Fsp3) is 0.412. The van der Waals surface area contributed by atoms with Crippen LogP contribution in [0.2, 0.25) is 0 Å². The molecule has 0 aliphatic rings. The van der Waals surface area contributed by atoms with E-state index in [2.05, 4.69) is 19.2 Å². The molecule has 118 valence electrons. The third-order valence-corrected chi connectivity index (χ3v) is 3.94. The minimum absolute atomic E-state index is 0.152. The normalized spacial score (nSPS) is 12.3. The van der Waals surface area contributed by atoms with Crippen LogP contribution in [0, 0.1) is 0 Å². The number of carbonyl (C=O) groups excluding carboxylic acids is 1. The number of amides is 1. The van der Waals surface area contributed by atoms with Gasteiger partial charge in [-0.1, -0.05) is 19.9 Å². The van der Waals surface area contributed by atoms with Crippen molar-refractivity contribution in [3.63, 3.8) is 0 Å². The number of nitrogens with one attached hydrogen (secondary N) is 1. The molecule has 0 saturated heterocycles. The average molecular weight is 301 g/mol. The van der Waals surface area contributed by atoms with Gasteiger partial charge in [-0.25, -0.2) is 0 Å². The number of aromatic nitrogens is 1. The van der Waals surface area contributed by atoms with Crippen molar-refractivity contribution in [2.45, 2.75) is 39.7 Å². The summed E-state index contributed by atoms with van der Waals surface area (Å²) in [7, 11) is 0. The first-order valence-corrected chi connectivity index (χ1v) is 7.72. The predicted molar refractivity (Wildman–Crippen MR) is 90.2 cm³/mol. The van der Waals surface area contributed by atoms with Crippen LogP contribution in [0.4, 0.5) is 5.69 Å². The fourth-order valence-corrected chi connectivity index (χ4v) is 2.48. The van der Waals surface area contributed by atoms with Gasteiger partial charge in [0.15, 0.2) is 0 Å². The van der Waals surface area contributed by atoms with Crippen LogP contribution >= 0.6 is 0 Å². The quantitative estimate of drug-likeness (QED) is 0.834. The molecule has 0 bridgehead atoms. The molecule has 0 fully saturated rings. The molecule has 5 heteroatoms. The molecule has 3 N–H and O–H groups in total. The number of nitrogens with zero attached hydrogens (tertiary/aromatic N) is 1. The van der Waals surface area contributed by atoms with E-state index < -0.39 is 0 Å². The Bertz CT molecular complexity index is 749. The van der Waals surface area contributed by atoms with Crippen molar-refractivity contribution in [3.8, 4) is 0 Å². The number of hydrogen-bond acceptors (Lipinski definition) is 3. The maximum Gasteiger partial charge on any atom is 0.256 e. The average Bonchev–Trinajstić information content (AvgIpc) is 2.52. The zero-order chi connectivity index (χ0) is 16.3. The van der Waals surface area contributed by atoms with E-state index in [-0.39, 0.29) is 22.9 Å². The third-order valence-electron chi connectivity index (χ3n) is 3.94. The van der Waals surface area contributed by atoms with Gasteiger partial charge in [-0.3, -0.25) is 9.59 Å². The number of nitrogen functional groups attached to an aromatic ring is 1. The lowest BCUT2D eigenvalue weighted by molar-refractivity contribution is 0.0952. The Morgan fingerprint density at radius 1 is 1.36 bits per heavy atom. The Morgan fingerprint density at radius 3 is 2.73 bits per heavy atom.